The lowest BCUT2D eigenvalue weighted by molar-refractivity contribution is 0.0696. The number of fused-ring (bicyclic) bond motifs is 1. The Morgan fingerprint density at radius 1 is 0.872 bits per heavy atom. The van der Waals surface area contributed by atoms with Crippen molar-refractivity contribution >= 4 is 22.8 Å². The van der Waals surface area contributed by atoms with Gasteiger partial charge in [-0.2, -0.15) is 0 Å². The molecule has 3 N–H and O–H groups in total. The highest BCUT2D eigenvalue weighted by Crippen LogP contribution is 2.30. The largest absolute Gasteiger partial charge is 0.505 e. The number of aromatic nitrogens is 2. The van der Waals surface area contributed by atoms with Crippen LogP contribution >= 0.6 is 0 Å². The highest BCUT2D eigenvalue weighted by Gasteiger charge is 2.20. The summed E-state index contributed by atoms with van der Waals surface area (Å²) in [6.45, 7) is 0.400. The molecule has 0 fully saturated rings. The highest BCUT2D eigenvalue weighted by molar-refractivity contribution is 6.01. The number of pyridine rings is 2. The minimum Gasteiger partial charge on any atom is -0.505 e. The van der Waals surface area contributed by atoms with Gasteiger partial charge in [0, 0.05) is 24.0 Å². The summed E-state index contributed by atoms with van der Waals surface area (Å²) in [4.78, 5) is 42.0. The number of aromatic hydroxyl groups is 1. The summed E-state index contributed by atoms with van der Waals surface area (Å²) in [5.41, 5.74) is 2.85. The van der Waals surface area contributed by atoms with Gasteiger partial charge >= 0.3 is 5.97 Å². The van der Waals surface area contributed by atoms with Gasteiger partial charge in [0.15, 0.2) is 11.4 Å². The van der Waals surface area contributed by atoms with E-state index in [-0.39, 0.29) is 29.1 Å². The number of hydrogen-bond donors (Lipinski definition) is 3. The maximum Gasteiger partial charge on any atom is 0.335 e. The maximum atomic E-state index is 13.6. The van der Waals surface area contributed by atoms with Gasteiger partial charge in [0.25, 0.3) is 11.5 Å². The van der Waals surface area contributed by atoms with Crippen molar-refractivity contribution in [3.63, 3.8) is 0 Å². The van der Waals surface area contributed by atoms with Crippen LogP contribution < -0.4 is 10.9 Å². The van der Waals surface area contributed by atoms with Crippen LogP contribution in [0.5, 0.6) is 5.75 Å². The van der Waals surface area contributed by atoms with Crippen LogP contribution in [0.2, 0.25) is 0 Å². The average molecular weight is 520 g/mol. The monoisotopic (exact) mass is 519 g/mol. The Labute approximate surface area is 223 Å². The van der Waals surface area contributed by atoms with Gasteiger partial charge in [-0.15, -0.1) is 0 Å². The SMILES string of the molecule is O=C(O)c1cccc(CNC(=O)c2ncc3c(cc(-c4ccccc4)c(=O)n3CCc3ccccc3)c2O)c1. The van der Waals surface area contributed by atoms with E-state index >= 15 is 0 Å². The molecule has 3 aromatic carbocycles. The van der Waals surface area contributed by atoms with Crippen LogP contribution in [0.4, 0.5) is 0 Å². The summed E-state index contributed by atoms with van der Waals surface area (Å²) < 4.78 is 1.58. The van der Waals surface area contributed by atoms with E-state index in [1.807, 2.05) is 60.7 Å². The summed E-state index contributed by atoms with van der Waals surface area (Å²) in [7, 11) is 0. The average Bonchev–Trinajstić information content (AvgIpc) is 2.96. The Balaban J connectivity index is 1.53. The van der Waals surface area contributed by atoms with E-state index in [4.69, 9.17) is 0 Å². The molecule has 0 aliphatic carbocycles. The molecule has 8 nitrogen and oxygen atoms in total. The van der Waals surface area contributed by atoms with E-state index in [9.17, 15) is 24.6 Å². The van der Waals surface area contributed by atoms with Gasteiger partial charge in [-0.05, 0) is 41.3 Å². The van der Waals surface area contributed by atoms with Crippen LogP contribution in [-0.2, 0) is 19.5 Å². The lowest BCUT2D eigenvalue weighted by Crippen LogP contribution is -2.26. The van der Waals surface area contributed by atoms with E-state index in [1.54, 1.807) is 22.8 Å². The molecule has 2 heterocycles. The van der Waals surface area contributed by atoms with Gasteiger partial charge < -0.3 is 20.1 Å². The molecule has 39 heavy (non-hydrogen) atoms. The molecule has 5 aromatic rings. The first-order chi connectivity index (χ1) is 18.9. The van der Waals surface area contributed by atoms with Crippen molar-refractivity contribution < 1.29 is 19.8 Å². The fraction of sp³-hybridized carbons (Fsp3) is 0.0968. The number of carboxylic acid groups (broad SMARTS) is 1. The number of nitrogens with zero attached hydrogens (tertiary/aromatic N) is 2. The Bertz CT molecular complexity index is 1730. The fourth-order valence-corrected chi connectivity index (χ4v) is 4.50. The zero-order chi connectivity index (χ0) is 27.4. The van der Waals surface area contributed by atoms with Gasteiger partial charge in [0.2, 0.25) is 0 Å². The molecule has 0 saturated carbocycles. The molecule has 194 valence electrons. The van der Waals surface area contributed by atoms with Crippen molar-refractivity contribution in [2.24, 2.45) is 0 Å². The van der Waals surface area contributed by atoms with Crippen LogP contribution in [0.1, 0.15) is 32.0 Å². The Kier molecular flexibility index (Phi) is 7.18. The Morgan fingerprint density at radius 2 is 1.56 bits per heavy atom. The van der Waals surface area contributed by atoms with Crippen molar-refractivity contribution in [3.05, 3.63) is 130 Å². The van der Waals surface area contributed by atoms with E-state index in [0.29, 0.717) is 40.6 Å². The standard InChI is InChI=1S/C31H25N3O5/c35-28-25-17-24(22-11-5-2-6-12-22)30(37)34(15-14-20-8-3-1-4-9-20)26(25)19-32-27(28)29(36)33-18-21-10-7-13-23(16-21)31(38)39/h1-13,16-17,19,35H,14-15,18H2,(H,33,36)(H,38,39). The molecule has 0 atom stereocenters. The number of hydrogen-bond acceptors (Lipinski definition) is 5. The molecule has 0 aliphatic rings. The lowest BCUT2D eigenvalue weighted by atomic mass is 10.0. The van der Waals surface area contributed by atoms with E-state index in [0.717, 1.165) is 5.56 Å². The first kappa shape index (κ1) is 25.4. The van der Waals surface area contributed by atoms with E-state index < -0.39 is 11.9 Å². The molecular formula is C31H25N3O5. The fourth-order valence-electron chi connectivity index (χ4n) is 4.50. The smallest absolute Gasteiger partial charge is 0.335 e. The third kappa shape index (κ3) is 5.40. The topological polar surface area (TPSA) is 122 Å². The number of nitrogens with one attached hydrogen (secondary N) is 1. The molecule has 0 aliphatic heterocycles. The third-order valence-corrected chi connectivity index (χ3v) is 6.52. The van der Waals surface area contributed by atoms with Gasteiger partial charge in [-0.3, -0.25) is 9.59 Å². The number of carboxylic acids is 1. The van der Waals surface area contributed by atoms with Crippen LogP contribution in [0, 0.1) is 0 Å². The third-order valence-electron chi connectivity index (χ3n) is 6.52. The first-order valence-corrected chi connectivity index (χ1v) is 12.4. The van der Waals surface area contributed by atoms with Crippen LogP contribution in [0.15, 0.2) is 102 Å². The second kappa shape index (κ2) is 11.0. The zero-order valence-corrected chi connectivity index (χ0v) is 20.9. The molecule has 0 saturated heterocycles. The van der Waals surface area contributed by atoms with E-state index in [2.05, 4.69) is 10.3 Å². The van der Waals surface area contributed by atoms with Crippen molar-refractivity contribution in [1.82, 2.24) is 14.9 Å². The molecule has 0 bridgehead atoms. The summed E-state index contributed by atoms with van der Waals surface area (Å²) in [6, 6.07) is 26.7. The minimum atomic E-state index is -1.07. The van der Waals surface area contributed by atoms with Gasteiger partial charge in [0.05, 0.1) is 17.3 Å². The van der Waals surface area contributed by atoms with Gasteiger partial charge in [-0.1, -0.05) is 72.8 Å². The molecule has 0 radical (unpaired) electrons. The predicted octanol–water partition coefficient (Wildman–Crippen LogP) is 4.64. The Hall–Kier alpha value is -5.24. The number of carbonyl (C=O) groups is 2. The molecule has 5 rings (SSSR count). The summed E-state index contributed by atoms with van der Waals surface area (Å²) in [5.74, 6) is -2.03. The molecule has 0 spiro atoms. The van der Waals surface area contributed by atoms with Crippen LogP contribution in [0.25, 0.3) is 22.0 Å². The molecule has 0 unspecified atom stereocenters. The molecular weight excluding hydrogens is 494 g/mol. The summed E-state index contributed by atoms with van der Waals surface area (Å²) in [6.07, 6.45) is 2.02. The van der Waals surface area contributed by atoms with Crippen molar-refractivity contribution in [2.45, 2.75) is 19.5 Å². The second-order valence-electron chi connectivity index (χ2n) is 9.06. The molecule has 2 aromatic heterocycles. The molecule has 1 amide bonds. The highest BCUT2D eigenvalue weighted by atomic mass is 16.4. The summed E-state index contributed by atoms with van der Waals surface area (Å²) in [5, 5.41) is 23.4. The van der Waals surface area contributed by atoms with E-state index in [1.165, 1.54) is 18.3 Å². The van der Waals surface area contributed by atoms with Crippen LogP contribution in [-0.4, -0.2) is 31.6 Å². The Morgan fingerprint density at radius 3 is 2.28 bits per heavy atom. The van der Waals surface area contributed by atoms with Crippen molar-refractivity contribution in [3.8, 4) is 16.9 Å². The predicted molar refractivity (Wildman–Crippen MR) is 148 cm³/mol. The van der Waals surface area contributed by atoms with Crippen molar-refractivity contribution in [2.75, 3.05) is 0 Å². The number of carbonyl (C=O) groups excluding carboxylic acids is 1. The van der Waals surface area contributed by atoms with Gasteiger partial charge in [-0.25, -0.2) is 9.78 Å². The number of amides is 1. The number of aromatic carboxylic acids is 1. The second-order valence-corrected chi connectivity index (χ2v) is 9.06. The quantitative estimate of drug-likeness (QED) is 0.275. The number of aryl methyl sites for hydroxylation is 2. The number of benzene rings is 3. The molecule has 8 heteroatoms. The zero-order valence-electron chi connectivity index (χ0n) is 20.9. The minimum absolute atomic E-state index is 0.0466. The lowest BCUT2D eigenvalue weighted by Gasteiger charge is -2.15. The van der Waals surface area contributed by atoms with Gasteiger partial charge in [0.1, 0.15) is 0 Å². The maximum absolute atomic E-state index is 13.6. The van der Waals surface area contributed by atoms with Crippen molar-refractivity contribution in [1.29, 1.82) is 0 Å². The summed E-state index contributed by atoms with van der Waals surface area (Å²) >= 11 is 0. The first-order valence-electron chi connectivity index (χ1n) is 12.4. The number of rotatable bonds is 8. The van der Waals surface area contributed by atoms with Crippen LogP contribution in [0.3, 0.4) is 0 Å². The normalized spacial score (nSPS) is 10.9.